The molecular weight excluding hydrogens is 875 g/mol. The molecule has 0 radical (unpaired) electrons. The molecule has 0 aliphatic carbocycles. The zero-order valence-corrected chi connectivity index (χ0v) is 47.7. The fourth-order valence-corrected chi connectivity index (χ4v) is 9.78. The van der Waals surface area contributed by atoms with Crippen LogP contribution in [-0.4, -0.2) is 47.4 Å². The van der Waals surface area contributed by atoms with E-state index in [2.05, 4.69) is 43.5 Å². The lowest BCUT2D eigenvalue weighted by atomic mass is 10.0. The van der Waals surface area contributed by atoms with E-state index < -0.39 is 12.1 Å². The Morgan fingerprint density at radius 1 is 0.394 bits per heavy atom. The van der Waals surface area contributed by atoms with Gasteiger partial charge in [-0.1, -0.05) is 301 Å². The van der Waals surface area contributed by atoms with E-state index in [9.17, 15) is 19.8 Å². The van der Waals surface area contributed by atoms with E-state index in [1.165, 1.54) is 263 Å². The van der Waals surface area contributed by atoms with E-state index in [4.69, 9.17) is 4.74 Å². The molecule has 2 unspecified atom stereocenters. The van der Waals surface area contributed by atoms with Gasteiger partial charge in [0.2, 0.25) is 5.91 Å². The number of aliphatic hydroxyl groups is 2. The topological polar surface area (TPSA) is 95.9 Å². The first-order valence-electron chi connectivity index (χ1n) is 31.8. The Bertz CT molecular complexity index is 1150. The van der Waals surface area contributed by atoms with E-state index in [0.29, 0.717) is 19.4 Å². The van der Waals surface area contributed by atoms with Gasteiger partial charge in [0.15, 0.2) is 0 Å². The number of nitrogens with one attached hydrogen (secondary N) is 1. The Labute approximate surface area is 443 Å². The Morgan fingerprint density at radius 3 is 1.10 bits per heavy atom. The number of unbranched alkanes of at least 4 members (excludes halogenated alkanes) is 44. The number of carbonyl (C=O) groups is 2. The Hall–Kier alpha value is -1.92. The zero-order chi connectivity index (χ0) is 51.4. The minimum absolute atomic E-state index is 0.00982. The normalized spacial score (nSPS) is 12.8. The summed E-state index contributed by atoms with van der Waals surface area (Å²) in [5.41, 5.74) is 0. The summed E-state index contributed by atoms with van der Waals surface area (Å²) in [6.45, 7) is 4.87. The molecular formula is C65H123NO5. The Morgan fingerprint density at radius 2 is 0.704 bits per heavy atom. The molecule has 0 aromatic heterocycles. The van der Waals surface area contributed by atoms with Crippen LogP contribution in [0.15, 0.2) is 36.5 Å². The quantitative estimate of drug-likeness (QED) is 0.0321. The van der Waals surface area contributed by atoms with Gasteiger partial charge in [0.05, 0.1) is 25.4 Å². The van der Waals surface area contributed by atoms with Crippen LogP contribution in [0.2, 0.25) is 0 Å². The van der Waals surface area contributed by atoms with Gasteiger partial charge in [-0.15, -0.1) is 0 Å². The minimum Gasteiger partial charge on any atom is -0.466 e. The third-order valence-corrected chi connectivity index (χ3v) is 14.7. The van der Waals surface area contributed by atoms with Gasteiger partial charge in [0.25, 0.3) is 0 Å². The monoisotopic (exact) mass is 998 g/mol. The molecule has 0 fully saturated rings. The molecule has 2 atom stereocenters. The number of ether oxygens (including phenoxy) is 1. The third kappa shape index (κ3) is 57.2. The van der Waals surface area contributed by atoms with Crippen LogP contribution in [0, 0.1) is 0 Å². The third-order valence-electron chi connectivity index (χ3n) is 14.7. The molecule has 0 saturated heterocycles. The predicted octanol–water partition coefficient (Wildman–Crippen LogP) is 20.0. The highest BCUT2D eigenvalue weighted by Gasteiger charge is 2.18. The summed E-state index contributed by atoms with van der Waals surface area (Å²) in [6.07, 6.45) is 76.3. The van der Waals surface area contributed by atoms with Gasteiger partial charge in [-0.3, -0.25) is 9.59 Å². The number of carbonyl (C=O) groups excluding carboxylic acids is 2. The van der Waals surface area contributed by atoms with Gasteiger partial charge in [-0.2, -0.15) is 0 Å². The van der Waals surface area contributed by atoms with Gasteiger partial charge < -0.3 is 20.3 Å². The molecule has 0 aromatic rings. The van der Waals surface area contributed by atoms with Gasteiger partial charge in [-0.05, 0) is 64.2 Å². The molecule has 6 heteroatoms. The van der Waals surface area contributed by atoms with Crippen LogP contribution in [0.4, 0.5) is 0 Å². The number of rotatable bonds is 59. The van der Waals surface area contributed by atoms with Crippen LogP contribution < -0.4 is 5.32 Å². The van der Waals surface area contributed by atoms with E-state index in [-0.39, 0.29) is 18.5 Å². The molecule has 0 aliphatic heterocycles. The number of hydrogen-bond donors (Lipinski definition) is 3. The second-order valence-electron chi connectivity index (χ2n) is 21.7. The molecule has 0 heterocycles. The molecule has 0 spiro atoms. The van der Waals surface area contributed by atoms with E-state index in [0.717, 1.165) is 51.4 Å². The average molecular weight is 999 g/mol. The lowest BCUT2D eigenvalue weighted by Crippen LogP contribution is -2.45. The molecule has 0 aliphatic rings. The Kier molecular flexibility index (Phi) is 59.0. The highest BCUT2D eigenvalue weighted by Crippen LogP contribution is 2.18. The van der Waals surface area contributed by atoms with Crippen LogP contribution in [0.1, 0.15) is 341 Å². The van der Waals surface area contributed by atoms with Crippen molar-refractivity contribution in [3.05, 3.63) is 36.5 Å². The summed E-state index contributed by atoms with van der Waals surface area (Å²) in [6, 6.07) is -0.624. The SMILES string of the molecule is CCCCC/C=C\C/C=C\CCCCCCCCCC(=O)OCCCCCCCCCCCCCCCCCCCCCCCCCCCCCC(=O)NC(CO)C(O)/C=C/CCCCCCCCCC. The van der Waals surface area contributed by atoms with E-state index >= 15 is 0 Å². The van der Waals surface area contributed by atoms with Crippen molar-refractivity contribution in [1.29, 1.82) is 0 Å². The van der Waals surface area contributed by atoms with Gasteiger partial charge in [0.1, 0.15) is 0 Å². The van der Waals surface area contributed by atoms with E-state index in [1.807, 2.05) is 6.08 Å². The second-order valence-corrected chi connectivity index (χ2v) is 21.7. The number of hydrogen-bond acceptors (Lipinski definition) is 5. The highest BCUT2D eigenvalue weighted by molar-refractivity contribution is 5.76. The summed E-state index contributed by atoms with van der Waals surface area (Å²) in [4.78, 5) is 24.5. The molecule has 1 amide bonds. The van der Waals surface area contributed by atoms with E-state index in [1.54, 1.807) is 6.08 Å². The first-order chi connectivity index (χ1) is 35.0. The number of esters is 1. The predicted molar refractivity (Wildman–Crippen MR) is 310 cm³/mol. The molecule has 0 aromatic carbocycles. The number of aliphatic hydroxyl groups excluding tert-OH is 2. The lowest BCUT2D eigenvalue weighted by molar-refractivity contribution is -0.143. The molecule has 0 saturated carbocycles. The summed E-state index contributed by atoms with van der Waals surface area (Å²) in [7, 11) is 0. The van der Waals surface area contributed by atoms with Crippen molar-refractivity contribution in [3.63, 3.8) is 0 Å². The van der Waals surface area contributed by atoms with Crippen molar-refractivity contribution in [2.45, 2.75) is 353 Å². The van der Waals surface area contributed by atoms with Crippen molar-refractivity contribution >= 4 is 11.9 Å². The van der Waals surface area contributed by atoms with Crippen LogP contribution in [0.3, 0.4) is 0 Å². The van der Waals surface area contributed by atoms with Crippen LogP contribution >= 0.6 is 0 Å². The molecule has 0 rings (SSSR count). The fraction of sp³-hybridized carbons (Fsp3) is 0.877. The maximum atomic E-state index is 12.4. The number of allylic oxidation sites excluding steroid dienone is 5. The van der Waals surface area contributed by atoms with Crippen molar-refractivity contribution in [2.24, 2.45) is 0 Å². The zero-order valence-electron chi connectivity index (χ0n) is 47.7. The standard InChI is InChI=1S/C65H123NO5/c1-3-5-7-9-11-13-15-16-17-29-33-36-39-43-47-51-55-59-65(70)71-60-56-52-48-44-40-37-34-31-28-26-24-22-20-18-19-21-23-25-27-30-32-35-38-42-46-50-54-58-64(69)66-62(61-67)63(68)57-53-49-45-41-14-12-10-8-6-4-2/h11,13,16-17,53,57,62-63,67-68H,3-10,12,14-15,18-52,54-56,58-61H2,1-2H3,(H,66,69)/b13-11-,17-16-,57-53+. The van der Waals surface area contributed by atoms with Gasteiger partial charge in [0, 0.05) is 12.8 Å². The van der Waals surface area contributed by atoms with Gasteiger partial charge >= 0.3 is 5.97 Å². The van der Waals surface area contributed by atoms with Crippen LogP contribution in [0.25, 0.3) is 0 Å². The highest BCUT2D eigenvalue weighted by atomic mass is 16.5. The summed E-state index contributed by atoms with van der Waals surface area (Å²) >= 11 is 0. The lowest BCUT2D eigenvalue weighted by Gasteiger charge is -2.20. The molecule has 0 bridgehead atoms. The molecule has 71 heavy (non-hydrogen) atoms. The largest absolute Gasteiger partial charge is 0.466 e. The first kappa shape index (κ1) is 69.1. The fourth-order valence-electron chi connectivity index (χ4n) is 9.78. The number of amides is 1. The first-order valence-corrected chi connectivity index (χ1v) is 31.8. The molecule has 6 nitrogen and oxygen atoms in total. The van der Waals surface area contributed by atoms with Crippen molar-refractivity contribution < 1.29 is 24.5 Å². The molecule has 418 valence electrons. The van der Waals surface area contributed by atoms with Crippen LogP contribution in [-0.2, 0) is 14.3 Å². The smallest absolute Gasteiger partial charge is 0.305 e. The average Bonchev–Trinajstić information content (AvgIpc) is 3.37. The van der Waals surface area contributed by atoms with Crippen molar-refractivity contribution in [3.8, 4) is 0 Å². The maximum Gasteiger partial charge on any atom is 0.305 e. The van der Waals surface area contributed by atoms with Crippen molar-refractivity contribution in [2.75, 3.05) is 13.2 Å². The second kappa shape index (κ2) is 60.6. The van der Waals surface area contributed by atoms with Crippen molar-refractivity contribution in [1.82, 2.24) is 5.32 Å². The minimum atomic E-state index is -0.840. The molecule has 3 N–H and O–H groups in total. The van der Waals surface area contributed by atoms with Gasteiger partial charge in [-0.25, -0.2) is 0 Å². The maximum absolute atomic E-state index is 12.4. The summed E-state index contributed by atoms with van der Waals surface area (Å²) < 4.78 is 5.49. The van der Waals surface area contributed by atoms with Crippen LogP contribution in [0.5, 0.6) is 0 Å². The Balaban J connectivity index is 3.33. The summed E-state index contributed by atoms with van der Waals surface area (Å²) in [5, 5.41) is 23.0. The summed E-state index contributed by atoms with van der Waals surface area (Å²) in [5.74, 6) is -0.0567.